The van der Waals surface area contributed by atoms with Gasteiger partial charge in [-0.2, -0.15) is 0 Å². The molecule has 17 nitrogen and oxygen atoms in total. The van der Waals surface area contributed by atoms with Gasteiger partial charge in [-0.05, 0) is 112 Å². The van der Waals surface area contributed by atoms with Crippen LogP contribution in [0.25, 0.3) is 32.7 Å². The van der Waals surface area contributed by atoms with Crippen LogP contribution < -0.4 is 22.7 Å². The Hall–Kier alpha value is -5.39. The second-order valence-electron chi connectivity index (χ2n) is 12.7. The summed E-state index contributed by atoms with van der Waals surface area (Å²) in [4.78, 5) is 87.8. The zero-order chi connectivity index (χ0) is 47.9. The summed E-state index contributed by atoms with van der Waals surface area (Å²) in [7, 11) is 0. The number of aromatic amines is 3. The highest BCUT2D eigenvalue weighted by atomic mass is 36.0. The summed E-state index contributed by atoms with van der Waals surface area (Å²) in [5, 5.41) is 15.9. The quantitative estimate of drug-likeness (QED) is 0.0392. The molecule has 6 aromatic rings. The first-order chi connectivity index (χ1) is 29.4. The van der Waals surface area contributed by atoms with Gasteiger partial charge in [-0.15, -0.1) is 0 Å². The number of hydrogen-bond acceptors (Lipinski definition) is 13. The number of carbonyl (C=O) groups excluding carboxylic acids is 3. The maximum absolute atomic E-state index is 12.2. The molecule has 23 heteroatoms. The van der Waals surface area contributed by atoms with Gasteiger partial charge < -0.3 is 45.5 Å². The number of H-pyrrole nitrogens is 3. The Labute approximate surface area is 389 Å². The van der Waals surface area contributed by atoms with Crippen molar-refractivity contribution in [2.75, 3.05) is 19.8 Å². The van der Waals surface area contributed by atoms with Gasteiger partial charge in [0, 0.05) is 28.6 Å². The number of ether oxygens (including phenoxy) is 3. The van der Waals surface area contributed by atoms with Crippen molar-refractivity contribution in [3.8, 4) is 5.75 Å². The Bertz CT molecular complexity index is 2730. The van der Waals surface area contributed by atoms with E-state index in [1.807, 2.05) is 45.0 Å². The van der Waals surface area contributed by atoms with Crippen molar-refractivity contribution >= 4 is 119 Å². The number of esters is 3. The topological polar surface area (TPSA) is 287 Å². The molecule has 6 rings (SSSR count). The molecule has 0 fully saturated rings. The van der Waals surface area contributed by atoms with Crippen molar-refractivity contribution in [2.24, 2.45) is 0 Å². The first kappa shape index (κ1) is 56.6. The summed E-state index contributed by atoms with van der Waals surface area (Å²) in [6, 6.07) is 16.0. The van der Waals surface area contributed by atoms with Crippen LogP contribution in [-0.2, 0) is 23.6 Å². The molecule has 0 aliphatic heterocycles. The predicted octanol–water partition coefficient (Wildman–Crippen LogP) is 10.1. The molecule has 0 amide bonds. The normalized spacial score (nSPS) is 10.2. The van der Waals surface area contributed by atoms with E-state index in [0.29, 0.717) is 32.7 Å². The van der Waals surface area contributed by atoms with E-state index >= 15 is 0 Å². The fourth-order valence-electron chi connectivity index (χ4n) is 5.29. The fraction of sp³-hybridized carbons (Fsp3) is 0.244. The molecule has 0 unspecified atom stereocenters. The maximum atomic E-state index is 12.2. The monoisotopic (exact) mass is 1010 g/mol. The van der Waals surface area contributed by atoms with E-state index in [-0.39, 0.29) is 58.6 Å². The van der Waals surface area contributed by atoms with Crippen LogP contribution in [0.2, 0.25) is 10.2 Å². The number of aryl methyl sites for hydroxylation is 3. The summed E-state index contributed by atoms with van der Waals surface area (Å²) < 4.78 is 23.9. The van der Waals surface area contributed by atoms with E-state index in [2.05, 4.69) is 48.7 Å². The molecule has 0 aliphatic carbocycles. The lowest BCUT2D eigenvalue weighted by atomic mass is 10.1. The number of fused-ring (bicyclic) bond motifs is 3. The van der Waals surface area contributed by atoms with Gasteiger partial charge in [-0.25, -0.2) is 14.4 Å². The third-order valence-electron chi connectivity index (χ3n) is 7.80. The number of carbonyl (C=O) groups is 4. The van der Waals surface area contributed by atoms with Crippen LogP contribution in [-0.4, -0.2) is 68.9 Å². The Kier molecular flexibility index (Phi) is 22.8. The maximum Gasteiger partial charge on any atom is 0.347 e. The lowest BCUT2D eigenvalue weighted by Gasteiger charge is -2.07. The highest BCUT2D eigenvalue weighted by Gasteiger charge is 2.22. The number of halogens is 5. The molecule has 8 N–H and O–H groups in total. The molecule has 0 aliphatic rings. The minimum atomic E-state index is -3.22. The number of carboxylic acids is 1. The summed E-state index contributed by atoms with van der Waals surface area (Å²) in [5.41, 5.74) is 2.30. The Balaban J connectivity index is 0.000000434. The van der Waals surface area contributed by atoms with Gasteiger partial charge in [0.25, 0.3) is 17.1 Å². The molecule has 3 aromatic carbocycles. The molecule has 64 heavy (non-hydrogen) atoms. The van der Waals surface area contributed by atoms with Crippen molar-refractivity contribution in [3.63, 3.8) is 0 Å². The van der Waals surface area contributed by atoms with E-state index in [9.17, 15) is 38.4 Å². The Morgan fingerprint density at radius 1 is 0.609 bits per heavy atom. The van der Waals surface area contributed by atoms with Crippen molar-refractivity contribution in [3.05, 3.63) is 129 Å². The smallest absolute Gasteiger partial charge is 0.347 e. The van der Waals surface area contributed by atoms with Gasteiger partial charge in [-0.1, -0.05) is 58.1 Å². The molecule has 3 heterocycles. The number of benzene rings is 3. The number of hydrogen-bond donors (Lipinski definition) is 6. The number of aliphatic carboxylic acids is 1. The van der Waals surface area contributed by atoms with Gasteiger partial charge in [-0.3, -0.25) is 23.7 Å². The number of rotatable bonds is 6. The molecule has 0 spiro atoms. The third kappa shape index (κ3) is 16.6. The lowest BCUT2D eigenvalue weighted by Crippen LogP contribution is -2.20. The first-order valence-corrected chi connectivity index (χ1v) is 23.4. The number of nitrogens with one attached hydrogen (secondary N) is 3. The van der Waals surface area contributed by atoms with E-state index < -0.39 is 45.6 Å². The second-order valence-corrected chi connectivity index (χ2v) is 20.1. The summed E-state index contributed by atoms with van der Waals surface area (Å²) in [5.74, 6) is -3.39. The lowest BCUT2D eigenvalue weighted by molar-refractivity contribution is -0.134. The van der Waals surface area contributed by atoms with Gasteiger partial charge in [0.2, 0.25) is 5.43 Å². The van der Waals surface area contributed by atoms with Gasteiger partial charge in [0.05, 0.1) is 35.9 Å². The van der Waals surface area contributed by atoms with Gasteiger partial charge in [0.15, 0.2) is 5.56 Å². The van der Waals surface area contributed by atoms with E-state index in [1.54, 1.807) is 51.1 Å². The van der Waals surface area contributed by atoms with Crippen molar-refractivity contribution in [1.82, 2.24) is 21.1 Å². The summed E-state index contributed by atoms with van der Waals surface area (Å²) in [6.07, 6.45) is 0. The van der Waals surface area contributed by atoms with Crippen LogP contribution in [0.4, 0.5) is 0 Å². The van der Waals surface area contributed by atoms with Crippen LogP contribution >= 0.6 is 62.1 Å². The SMILES string of the molecule is CC(=O)O.CCOC(=O)c1c(Cl)[nH]c2ccc(C)cc2c1=O.CCOC(=O)c1c(Cl)c2cc(C)ccc2[nH]c1=O.CCOC(=O)c1c(O)c2cc(C)ccc2[nH]c1=O.N.O=P(Cl)(Cl)Cl. The molecule has 0 bridgehead atoms. The average Bonchev–Trinajstić information content (AvgIpc) is 3.16. The van der Waals surface area contributed by atoms with E-state index in [1.165, 1.54) is 0 Å². The fourth-order valence-corrected chi connectivity index (χ4v) is 5.88. The minimum absolute atomic E-state index is 0. The minimum Gasteiger partial charge on any atom is -0.506 e. The van der Waals surface area contributed by atoms with Crippen LogP contribution in [0.1, 0.15) is 75.5 Å². The van der Waals surface area contributed by atoms with Crippen LogP contribution in [0.3, 0.4) is 0 Å². The molecule has 0 radical (unpaired) electrons. The predicted molar refractivity (Wildman–Crippen MR) is 251 cm³/mol. The molecule has 0 saturated heterocycles. The summed E-state index contributed by atoms with van der Waals surface area (Å²) in [6.45, 7) is 12.2. The van der Waals surface area contributed by atoms with Gasteiger partial charge in [0.1, 0.15) is 22.0 Å². The van der Waals surface area contributed by atoms with Crippen molar-refractivity contribution in [1.29, 1.82) is 0 Å². The van der Waals surface area contributed by atoms with Crippen LogP contribution in [0, 0.1) is 20.8 Å². The first-order valence-electron chi connectivity index (χ1n) is 18.3. The number of aromatic hydroxyl groups is 1. The third-order valence-corrected chi connectivity index (χ3v) is 8.47. The number of pyridine rings is 3. The molecule has 3 aromatic heterocycles. The second kappa shape index (κ2) is 25.8. The van der Waals surface area contributed by atoms with Crippen molar-refractivity contribution in [2.45, 2.75) is 48.5 Å². The highest BCUT2D eigenvalue weighted by Crippen LogP contribution is 2.61. The van der Waals surface area contributed by atoms with Crippen LogP contribution in [0.5, 0.6) is 5.75 Å². The van der Waals surface area contributed by atoms with Gasteiger partial charge >= 0.3 is 23.1 Å². The molecule has 346 valence electrons. The number of aromatic nitrogens is 3. The number of carboxylic acid groups (broad SMARTS) is 1. The zero-order valence-electron chi connectivity index (χ0n) is 35.2. The highest BCUT2D eigenvalue weighted by molar-refractivity contribution is 8.24. The van der Waals surface area contributed by atoms with Crippen LogP contribution in [0.15, 0.2) is 69.0 Å². The molecule has 0 saturated carbocycles. The average molecular weight is 1010 g/mol. The van der Waals surface area contributed by atoms with E-state index in [4.69, 9.17) is 47.3 Å². The van der Waals surface area contributed by atoms with E-state index in [0.717, 1.165) is 23.6 Å². The molecule has 0 atom stereocenters. The Morgan fingerprint density at radius 2 is 0.938 bits per heavy atom. The molecular formula is C41H44Cl5N4O13P. The Morgan fingerprint density at radius 3 is 1.36 bits per heavy atom. The standard InChI is InChI=1S/2C13H12ClNO3.C13H13NO4.C2H4O2.Cl3OP.H3N/c1-3-18-13(17)10-11(16)8-6-7(2)4-5-9(8)15-12(10)14;1-3-18-13(17)10-11(14)8-6-7(2)4-5-9(8)15-12(10)16;1-3-18-13(17)10-11(15)8-6-7(2)4-5-9(8)14-12(10)16;1-2(3)4;1-5(2,3)4;/h2*4-6H,3H2,1-2H3,(H,15,16);4-6H,3H2,1-2H3,(H2,14,15,16);1H3,(H,3,4);;1H3. The van der Waals surface area contributed by atoms with Crippen molar-refractivity contribution < 1.29 is 48.2 Å². The summed E-state index contributed by atoms with van der Waals surface area (Å²) >= 11 is 25.9. The molecular weight excluding hydrogens is 965 g/mol. The zero-order valence-corrected chi connectivity index (χ0v) is 39.9. The largest absolute Gasteiger partial charge is 0.506 e.